The van der Waals surface area contributed by atoms with Gasteiger partial charge in [0.05, 0.1) is 11.4 Å². The van der Waals surface area contributed by atoms with Crippen LogP contribution >= 0.6 is 0 Å². The minimum Gasteiger partial charge on any atom is -0.424 e. The summed E-state index contributed by atoms with van der Waals surface area (Å²) in [6.45, 7) is 5.23. The van der Waals surface area contributed by atoms with E-state index in [9.17, 15) is 8.42 Å². The van der Waals surface area contributed by atoms with Crippen molar-refractivity contribution in [3.05, 3.63) is 41.1 Å². The van der Waals surface area contributed by atoms with Crippen LogP contribution < -0.4 is 4.72 Å². The van der Waals surface area contributed by atoms with Crippen molar-refractivity contribution in [2.75, 3.05) is 0 Å². The van der Waals surface area contributed by atoms with Gasteiger partial charge in [-0.25, -0.2) is 13.1 Å². The molecular weight excluding hydrogens is 266 g/mol. The Kier molecular flexibility index (Phi) is 3.68. The van der Waals surface area contributed by atoms with Crippen LogP contribution in [0.2, 0.25) is 0 Å². The lowest BCUT2D eigenvalue weighted by atomic mass is 10.2. The first-order chi connectivity index (χ1) is 8.88. The zero-order chi connectivity index (χ0) is 14.0. The summed E-state index contributed by atoms with van der Waals surface area (Å²) in [6.07, 6.45) is 0. The molecule has 0 amide bonds. The van der Waals surface area contributed by atoms with Crippen LogP contribution in [-0.4, -0.2) is 18.6 Å². The lowest BCUT2D eigenvalue weighted by Crippen LogP contribution is -2.24. The number of rotatable bonds is 4. The van der Waals surface area contributed by atoms with E-state index in [0.29, 0.717) is 11.5 Å². The van der Waals surface area contributed by atoms with Gasteiger partial charge in [-0.05, 0) is 31.0 Å². The minimum atomic E-state index is -3.58. The van der Waals surface area contributed by atoms with Crippen molar-refractivity contribution in [2.24, 2.45) is 0 Å². The highest BCUT2D eigenvalue weighted by Crippen LogP contribution is 2.16. The Morgan fingerprint density at radius 2 is 1.95 bits per heavy atom. The standard InChI is InChI=1S/C12H15N3O3S/c1-8-4-5-9(2)11(6-8)19(16,17)13-7-12-15-14-10(3)18-12/h4-6,13H,7H2,1-3H3. The Morgan fingerprint density at radius 1 is 1.21 bits per heavy atom. The Hall–Kier alpha value is -1.73. The third kappa shape index (κ3) is 3.18. The molecule has 0 radical (unpaired) electrons. The van der Waals surface area contributed by atoms with Crippen molar-refractivity contribution < 1.29 is 12.8 Å². The van der Waals surface area contributed by atoms with Gasteiger partial charge in [-0.2, -0.15) is 0 Å². The lowest BCUT2D eigenvalue weighted by molar-refractivity contribution is 0.460. The van der Waals surface area contributed by atoms with Crippen LogP contribution in [0, 0.1) is 20.8 Å². The van der Waals surface area contributed by atoms with Crippen LogP contribution in [-0.2, 0) is 16.6 Å². The van der Waals surface area contributed by atoms with Crippen LogP contribution in [0.4, 0.5) is 0 Å². The molecule has 0 atom stereocenters. The summed E-state index contributed by atoms with van der Waals surface area (Å²) < 4.78 is 31.9. The molecule has 0 aliphatic carbocycles. The molecule has 0 unspecified atom stereocenters. The molecule has 2 rings (SSSR count). The maximum Gasteiger partial charge on any atom is 0.241 e. The molecule has 1 aromatic heterocycles. The van der Waals surface area contributed by atoms with Crippen LogP contribution in [0.1, 0.15) is 22.9 Å². The quantitative estimate of drug-likeness (QED) is 0.917. The van der Waals surface area contributed by atoms with Crippen molar-refractivity contribution in [1.82, 2.24) is 14.9 Å². The Morgan fingerprint density at radius 3 is 2.58 bits per heavy atom. The van der Waals surface area contributed by atoms with E-state index >= 15 is 0 Å². The normalized spacial score (nSPS) is 11.7. The molecule has 0 spiro atoms. The van der Waals surface area contributed by atoms with Gasteiger partial charge in [0, 0.05) is 6.92 Å². The highest BCUT2D eigenvalue weighted by molar-refractivity contribution is 7.89. The third-order valence-electron chi connectivity index (χ3n) is 2.61. The number of aryl methyl sites for hydroxylation is 3. The van der Waals surface area contributed by atoms with Gasteiger partial charge in [-0.3, -0.25) is 0 Å². The fraction of sp³-hybridized carbons (Fsp3) is 0.333. The molecule has 0 fully saturated rings. The van der Waals surface area contributed by atoms with Gasteiger partial charge < -0.3 is 4.42 Å². The summed E-state index contributed by atoms with van der Waals surface area (Å²) >= 11 is 0. The molecule has 1 N–H and O–H groups in total. The van der Waals surface area contributed by atoms with E-state index < -0.39 is 10.0 Å². The van der Waals surface area contributed by atoms with Gasteiger partial charge in [-0.15, -0.1) is 10.2 Å². The van der Waals surface area contributed by atoms with Crippen molar-refractivity contribution >= 4 is 10.0 Å². The maximum absolute atomic E-state index is 12.2. The Labute approximate surface area is 111 Å². The second-order valence-electron chi connectivity index (χ2n) is 4.31. The van der Waals surface area contributed by atoms with Gasteiger partial charge in [0.25, 0.3) is 0 Å². The zero-order valence-electron chi connectivity index (χ0n) is 11.0. The molecule has 1 aromatic carbocycles. The Balaban J connectivity index is 2.20. The Bertz CT molecular complexity index is 692. The molecule has 6 nitrogen and oxygen atoms in total. The van der Waals surface area contributed by atoms with E-state index in [1.165, 1.54) is 0 Å². The van der Waals surface area contributed by atoms with E-state index in [4.69, 9.17) is 4.42 Å². The average Bonchev–Trinajstić information content (AvgIpc) is 2.76. The lowest BCUT2D eigenvalue weighted by Gasteiger charge is -2.08. The first kappa shape index (κ1) is 13.7. The summed E-state index contributed by atoms with van der Waals surface area (Å²) in [4.78, 5) is 0.267. The summed E-state index contributed by atoms with van der Waals surface area (Å²) in [5.41, 5.74) is 1.58. The van der Waals surface area contributed by atoms with Gasteiger partial charge in [0.15, 0.2) is 0 Å². The van der Waals surface area contributed by atoms with E-state index in [1.807, 2.05) is 13.0 Å². The molecule has 2 aromatic rings. The number of hydrogen-bond donors (Lipinski definition) is 1. The van der Waals surface area contributed by atoms with E-state index in [0.717, 1.165) is 5.56 Å². The van der Waals surface area contributed by atoms with Gasteiger partial charge >= 0.3 is 0 Å². The van der Waals surface area contributed by atoms with E-state index in [-0.39, 0.29) is 17.3 Å². The van der Waals surface area contributed by atoms with Crippen LogP contribution in [0.5, 0.6) is 0 Å². The number of hydrogen-bond acceptors (Lipinski definition) is 5. The SMILES string of the molecule is Cc1ccc(C)c(S(=O)(=O)NCc2nnc(C)o2)c1. The number of aromatic nitrogens is 2. The highest BCUT2D eigenvalue weighted by Gasteiger charge is 2.17. The highest BCUT2D eigenvalue weighted by atomic mass is 32.2. The fourth-order valence-electron chi connectivity index (χ4n) is 1.64. The average molecular weight is 281 g/mol. The van der Waals surface area contributed by atoms with Crippen molar-refractivity contribution in [1.29, 1.82) is 0 Å². The van der Waals surface area contributed by atoms with Crippen molar-refractivity contribution in [3.63, 3.8) is 0 Å². The smallest absolute Gasteiger partial charge is 0.241 e. The van der Waals surface area contributed by atoms with Gasteiger partial charge in [-0.1, -0.05) is 12.1 Å². The molecular formula is C12H15N3O3S. The summed E-state index contributed by atoms with van der Waals surface area (Å²) in [6, 6.07) is 5.28. The number of benzene rings is 1. The molecule has 0 aliphatic rings. The number of sulfonamides is 1. The number of nitrogens with zero attached hydrogens (tertiary/aromatic N) is 2. The molecule has 1 heterocycles. The molecule has 7 heteroatoms. The first-order valence-corrected chi connectivity index (χ1v) is 7.23. The molecule has 0 aliphatic heterocycles. The number of nitrogens with one attached hydrogen (secondary N) is 1. The minimum absolute atomic E-state index is 0.0173. The summed E-state index contributed by atoms with van der Waals surface area (Å²) in [7, 11) is -3.58. The molecule has 0 bridgehead atoms. The zero-order valence-corrected chi connectivity index (χ0v) is 11.8. The molecule has 0 saturated heterocycles. The first-order valence-electron chi connectivity index (χ1n) is 5.74. The summed E-state index contributed by atoms with van der Waals surface area (Å²) in [5.74, 6) is 0.646. The van der Waals surface area contributed by atoms with E-state index in [1.54, 1.807) is 26.0 Å². The maximum atomic E-state index is 12.2. The third-order valence-corrected chi connectivity index (χ3v) is 4.16. The second-order valence-corrected chi connectivity index (χ2v) is 6.04. The van der Waals surface area contributed by atoms with Crippen LogP contribution in [0.3, 0.4) is 0 Å². The summed E-state index contributed by atoms with van der Waals surface area (Å²) in [5, 5.41) is 7.38. The van der Waals surface area contributed by atoms with Crippen molar-refractivity contribution in [2.45, 2.75) is 32.2 Å². The molecule has 102 valence electrons. The van der Waals surface area contributed by atoms with Crippen LogP contribution in [0.25, 0.3) is 0 Å². The second kappa shape index (κ2) is 5.10. The van der Waals surface area contributed by atoms with E-state index in [2.05, 4.69) is 14.9 Å². The fourth-order valence-corrected chi connectivity index (χ4v) is 2.94. The monoisotopic (exact) mass is 281 g/mol. The van der Waals surface area contributed by atoms with Gasteiger partial charge in [0.1, 0.15) is 0 Å². The topological polar surface area (TPSA) is 85.1 Å². The largest absolute Gasteiger partial charge is 0.424 e. The van der Waals surface area contributed by atoms with Crippen LogP contribution in [0.15, 0.2) is 27.5 Å². The predicted octanol–water partition coefficient (Wildman–Crippen LogP) is 1.47. The van der Waals surface area contributed by atoms with Gasteiger partial charge in [0.2, 0.25) is 21.8 Å². The van der Waals surface area contributed by atoms with Crippen molar-refractivity contribution in [3.8, 4) is 0 Å². The predicted molar refractivity (Wildman–Crippen MR) is 69.0 cm³/mol. The molecule has 19 heavy (non-hydrogen) atoms. The molecule has 0 saturated carbocycles.